The molecule has 3 heteroatoms. The van der Waals surface area contributed by atoms with Crippen molar-refractivity contribution in [3.05, 3.63) is 24.3 Å². The zero-order valence-electron chi connectivity index (χ0n) is 9.10. The van der Waals surface area contributed by atoms with Gasteiger partial charge >= 0.3 is 0 Å². The van der Waals surface area contributed by atoms with Crippen molar-refractivity contribution in [3.63, 3.8) is 0 Å². The van der Waals surface area contributed by atoms with Crippen molar-refractivity contribution in [3.8, 4) is 11.5 Å². The molecule has 0 amide bonds. The Morgan fingerprint density at radius 2 is 1.87 bits per heavy atom. The molecule has 0 bridgehead atoms. The molecule has 0 radical (unpaired) electrons. The summed E-state index contributed by atoms with van der Waals surface area (Å²) in [7, 11) is 1.65. The first-order valence-corrected chi connectivity index (χ1v) is 5.20. The van der Waals surface area contributed by atoms with Gasteiger partial charge in [0.25, 0.3) is 0 Å². The highest BCUT2D eigenvalue weighted by Crippen LogP contribution is 2.24. The highest BCUT2D eigenvalue weighted by atomic mass is 16.7. The van der Waals surface area contributed by atoms with Crippen molar-refractivity contribution in [1.82, 2.24) is 0 Å². The predicted molar refractivity (Wildman–Crippen MR) is 57.1 cm³/mol. The van der Waals surface area contributed by atoms with Gasteiger partial charge in [-0.05, 0) is 30.2 Å². The summed E-state index contributed by atoms with van der Waals surface area (Å²) in [5, 5.41) is 0. The van der Waals surface area contributed by atoms with Crippen molar-refractivity contribution in [2.24, 2.45) is 5.92 Å². The SMILES string of the molecule is COc1ccc(OC2C[C@@H](C)CO2)cc1. The molecule has 1 aromatic carbocycles. The van der Waals surface area contributed by atoms with E-state index in [0.29, 0.717) is 5.92 Å². The molecule has 1 heterocycles. The van der Waals surface area contributed by atoms with Gasteiger partial charge in [0.15, 0.2) is 6.29 Å². The summed E-state index contributed by atoms with van der Waals surface area (Å²) in [6.07, 6.45) is 0.875. The van der Waals surface area contributed by atoms with Crippen LogP contribution in [0.15, 0.2) is 24.3 Å². The number of methoxy groups -OCH3 is 1. The molecule has 15 heavy (non-hydrogen) atoms. The first-order chi connectivity index (χ1) is 7.28. The molecule has 0 spiro atoms. The van der Waals surface area contributed by atoms with Gasteiger partial charge in [-0.1, -0.05) is 6.92 Å². The molecule has 0 N–H and O–H groups in total. The van der Waals surface area contributed by atoms with Crippen LogP contribution in [0.4, 0.5) is 0 Å². The minimum Gasteiger partial charge on any atom is -0.497 e. The van der Waals surface area contributed by atoms with Crippen LogP contribution in [0.3, 0.4) is 0 Å². The molecule has 1 saturated heterocycles. The fourth-order valence-electron chi connectivity index (χ4n) is 1.62. The van der Waals surface area contributed by atoms with Crippen LogP contribution in [0, 0.1) is 5.92 Å². The molecule has 1 aliphatic heterocycles. The predicted octanol–water partition coefficient (Wildman–Crippen LogP) is 2.46. The third kappa shape index (κ3) is 2.63. The lowest BCUT2D eigenvalue weighted by atomic mass is 10.1. The summed E-state index contributed by atoms with van der Waals surface area (Å²) in [5.41, 5.74) is 0. The lowest BCUT2D eigenvalue weighted by Crippen LogP contribution is -2.13. The van der Waals surface area contributed by atoms with E-state index >= 15 is 0 Å². The molecule has 0 aromatic heterocycles. The highest BCUT2D eigenvalue weighted by molar-refractivity contribution is 5.31. The topological polar surface area (TPSA) is 27.7 Å². The van der Waals surface area contributed by atoms with Crippen LogP contribution in [0.5, 0.6) is 11.5 Å². The lowest BCUT2D eigenvalue weighted by molar-refractivity contribution is -0.0393. The molecule has 0 aliphatic carbocycles. The smallest absolute Gasteiger partial charge is 0.200 e. The van der Waals surface area contributed by atoms with E-state index in [0.717, 1.165) is 24.5 Å². The lowest BCUT2D eigenvalue weighted by Gasteiger charge is -2.12. The second kappa shape index (κ2) is 4.53. The second-order valence-electron chi connectivity index (χ2n) is 3.90. The first-order valence-electron chi connectivity index (χ1n) is 5.20. The van der Waals surface area contributed by atoms with E-state index in [2.05, 4.69) is 6.92 Å². The zero-order valence-corrected chi connectivity index (χ0v) is 9.10. The normalized spacial score (nSPS) is 25.2. The van der Waals surface area contributed by atoms with Gasteiger partial charge in [-0.2, -0.15) is 0 Å². The van der Waals surface area contributed by atoms with Gasteiger partial charge in [-0.25, -0.2) is 0 Å². The van der Waals surface area contributed by atoms with Crippen molar-refractivity contribution in [2.45, 2.75) is 19.6 Å². The van der Waals surface area contributed by atoms with E-state index in [1.165, 1.54) is 0 Å². The molecule has 1 aromatic rings. The zero-order chi connectivity index (χ0) is 10.7. The third-order valence-electron chi connectivity index (χ3n) is 2.49. The van der Waals surface area contributed by atoms with Crippen LogP contribution in [0.2, 0.25) is 0 Å². The molecule has 1 aliphatic rings. The molecule has 2 atom stereocenters. The highest BCUT2D eigenvalue weighted by Gasteiger charge is 2.23. The van der Waals surface area contributed by atoms with E-state index < -0.39 is 0 Å². The summed E-state index contributed by atoms with van der Waals surface area (Å²) in [4.78, 5) is 0. The maximum absolute atomic E-state index is 5.67. The van der Waals surface area contributed by atoms with Gasteiger partial charge in [-0.15, -0.1) is 0 Å². The van der Waals surface area contributed by atoms with Crippen molar-refractivity contribution in [1.29, 1.82) is 0 Å². The Kier molecular flexibility index (Phi) is 3.11. The van der Waals surface area contributed by atoms with E-state index in [9.17, 15) is 0 Å². The standard InChI is InChI=1S/C12H16O3/c1-9-7-12(14-8-9)15-11-5-3-10(13-2)4-6-11/h3-6,9,12H,7-8H2,1-2H3/t9-,12?/m1/s1. The van der Waals surface area contributed by atoms with Crippen molar-refractivity contribution < 1.29 is 14.2 Å². The van der Waals surface area contributed by atoms with Crippen LogP contribution < -0.4 is 9.47 Å². The van der Waals surface area contributed by atoms with Crippen LogP contribution in [-0.2, 0) is 4.74 Å². The van der Waals surface area contributed by atoms with Crippen molar-refractivity contribution in [2.75, 3.05) is 13.7 Å². The summed E-state index contributed by atoms with van der Waals surface area (Å²) in [6, 6.07) is 7.55. The fraction of sp³-hybridized carbons (Fsp3) is 0.500. The number of rotatable bonds is 3. The Morgan fingerprint density at radius 3 is 2.40 bits per heavy atom. The average molecular weight is 208 g/mol. The molecule has 3 nitrogen and oxygen atoms in total. The largest absolute Gasteiger partial charge is 0.497 e. The Hall–Kier alpha value is -1.22. The monoisotopic (exact) mass is 208 g/mol. The van der Waals surface area contributed by atoms with Crippen LogP contribution in [-0.4, -0.2) is 20.0 Å². The van der Waals surface area contributed by atoms with Gasteiger partial charge in [0.2, 0.25) is 0 Å². The van der Waals surface area contributed by atoms with Gasteiger partial charge < -0.3 is 14.2 Å². The number of hydrogen-bond donors (Lipinski definition) is 0. The summed E-state index contributed by atoms with van der Waals surface area (Å²) in [6.45, 7) is 2.96. The molecule has 82 valence electrons. The first kappa shape index (κ1) is 10.3. The Balaban J connectivity index is 1.93. The summed E-state index contributed by atoms with van der Waals surface area (Å²) in [5.74, 6) is 2.26. The van der Waals surface area contributed by atoms with Crippen molar-refractivity contribution >= 4 is 0 Å². The Labute approximate surface area is 90.0 Å². The third-order valence-corrected chi connectivity index (χ3v) is 2.49. The molecular weight excluding hydrogens is 192 g/mol. The minimum atomic E-state index is -0.0894. The van der Waals surface area contributed by atoms with Crippen LogP contribution >= 0.6 is 0 Å². The van der Waals surface area contributed by atoms with Gasteiger partial charge in [0.05, 0.1) is 13.7 Å². The van der Waals surface area contributed by atoms with Gasteiger partial charge in [0.1, 0.15) is 11.5 Å². The molecule has 1 fully saturated rings. The number of ether oxygens (including phenoxy) is 3. The van der Waals surface area contributed by atoms with E-state index in [4.69, 9.17) is 14.2 Å². The van der Waals surface area contributed by atoms with Crippen LogP contribution in [0.1, 0.15) is 13.3 Å². The molecule has 1 unspecified atom stereocenters. The van der Waals surface area contributed by atoms with Gasteiger partial charge in [-0.3, -0.25) is 0 Å². The second-order valence-corrected chi connectivity index (χ2v) is 3.90. The maximum Gasteiger partial charge on any atom is 0.200 e. The number of hydrogen-bond acceptors (Lipinski definition) is 3. The maximum atomic E-state index is 5.67. The minimum absolute atomic E-state index is 0.0894. The average Bonchev–Trinajstić information content (AvgIpc) is 2.65. The van der Waals surface area contributed by atoms with E-state index in [1.54, 1.807) is 7.11 Å². The van der Waals surface area contributed by atoms with Gasteiger partial charge in [0, 0.05) is 6.42 Å². The summed E-state index contributed by atoms with van der Waals surface area (Å²) >= 11 is 0. The van der Waals surface area contributed by atoms with E-state index in [1.807, 2.05) is 24.3 Å². The summed E-state index contributed by atoms with van der Waals surface area (Å²) < 4.78 is 16.2. The fourth-order valence-corrected chi connectivity index (χ4v) is 1.62. The van der Waals surface area contributed by atoms with Crippen LogP contribution in [0.25, 0.3) is 0 Å². The molecule has 2 rings (SSSR count). The Morgan fingerprint density at radius 1 is 1.20 bits per heavy atom. The molecule has 0 saturated carbocycles. The quantitative estimate of drug-likeness (QED) is 0.763. The Bertz CT molecular complexity index is 307. The number of benzene rings is 1. The van der Waals surface area contributed by atoms with E-state index in [-0.39, 0.29) is 6.29 Å². The molecular formula is C12H16O3.